The van der Waals surface area contributed by atoms with E-state index in [9.17, 15) is 20.4 Å². The van der Waals surface area contributed by atoms with Crippen LogP contribution in [0.15, 0.2) is 0 Å². The predicted molar refractivity (Wildman–Crippen MR) is 440 cm³/mol. The first-order valence-corrected chi connectivity index (χ1v) is 51.7. The summed E-state index contributed by atoms with van der Waals surface area (Å²) < 4.78 is 91.8. The van der Waals surface area contributed by atoms with E-state index in [4.69, 9.17) is 78.4 Å². The highest BCUT2D eigenvalue weighted by atomic mass is 28.5. The molecule has 5 unspecified atom stereocenters. The Labute approximate surface area is 653 Å². The summed E-state index contributed by atoms with van der Waals surface area (Å²) in [5.41, 5.74) is 13.7. The van der Waals surface area contributed by atoms with Crippen LogP contribution in [0.25, 0.3) is 0 Å². The van der Waals surface area contributed by atoms with Gasteiger partial charge < -0.3 is 126 Å². The molecule has 26 nitrogen and oxygen atoms in total. The highest BCUT2D eigenvalue weighted by molar-refractivity contribution is 6.85. The van der Waals surface area contributed by atoms with Crippen molar-refractivity contribution in [2.45, 2.75) is 357 Å². The number of hydrogen-bond acceptors (Lipinski definition) is 26. The normalized spacial score (nSPS) is 34.9. The summed E-state index contributed by atoms with van der Waals surface area (Å²) >= 11 is 0. The first kappa shape index (κ1) is 101. The average Bonchev–Trinajstić information content (AvgIpc) is 1.40. The molecule has 106 heavy (non-hydrogen) atoms. The number of aliphatic hydroxyl groups is 6. The summed E-state index contributed by atoms with van der Waals surface area (Å²) in [6, 6.07) is -1.13. The van der Waals surface area contributed by atoms with Crippen LogP contribution >= 0.6 is 0 Å². The number of nitrogens with one attached hydrogen (secondary N) is 4. The van der Waals surface area contributed by atoms with Gasteiger partial charge in [0.15, 0.2) is 0 Å². The van der Waals surface area contributed by atoms with Crippen LogP contribution in [0.4, 0.5) is 0 Å². The quantitative estimate of drug-likeness (QED) is 0.0501. The molecule has 0 aromatic rings. The molecule has 5 radical (unpaired) electrons. The molecule has 8 saturated heterocycles. The zero-order chi connectivity index (χ0) is 81.3. The van der Waals surface area contributed by atoms with Gasteiger partial charge in [-0.25, -0.2) is 0 Å². The molecule has 0 aromatic heterocycles. The Bertz CT molecular complexity index is 2200. The fraction of sp³-hybridized carbons (Fsp3) is 1.00. The van der Waals surface area contributed by atoms with Crippen molar-refractivity contribution < 1.29 is 93.2 Å². The summed E-state index contributed by atoms with van der Waals surface area (Å²) in [5.74, 6) is 0.509. The van der Waals surface area contributed by atoms with E-state index in [2.05, 4.69) is 207 Å². The van der Waals surface area contributed by atoms with Crippen LogP contribution in [0, 0.1) is 17.8 Å². The molecule has 8 rings (SSSR count). The fourth-order valence-electron chi connectivity index (χ4n) is 16.5. The van der Waals surface area contributed by atoms with Gasteiger partial charge in [0.1, 0.15) is 54.9 Å². The maximum atomic E-state index is 10.9. The van der Waals surface area contributed by atoms with Gasteiger partial charge in [-0.15, -0.1) is 0 Å². The molecule has 0 aromatic carbocycles. The van der Waals surface area contributed by atoms with Crippen LogP contribution in [0.2, 0.25) is 66.5 Å². The molecule has 0 bridgehead atoms. The predicted octanol–water partition coefficient (Wildman–Crippen LogP) is 6.27. The lowest BCUT2D eigenvalue weighted by Gasteiger charge is -2.51. The van der Waals surface area contributed by atoms with E-state index >= 15 is 0 Å². The van der Waals surface area contributed by atoms with Gasteiger partial charge in [0.2, 0.25) is 37.1 Å². The molecule has 0 aliphatic carbocycles. The van der Waals surface area contributed by atoms with Crippen molar-refractivity contribution in [3.05, 3.63) is 0 Å². The first-order chi connectivity index (χ1) is 49.4. The fourth-order valence-corrected chi connectivity index (χ4v) is 50.3. The van der Waals surface area contributed by atoms with E-state index in [1.807, 2.05) is 42.9 Å². The standard InChI is InChI=1S/2C19H41BNO4Si2.C18H39BNO5Si2.C6H13BNO4.C6H13BNO3.CH5N/c2*1-12(2)26(13(3)4)22-11-17-18(16(9)19(23-17)20-21-10)24-27(25-26,14(5)6)15(7)8;1-11(2)26(12(3)4)22-10-15-17(16(21)18(23-15)19-20-9)24-27(25-26,13(5)6)14(7)8;1-8-7-6-5(11)4(10)3(2-9)12-6;1-3-5(10)4(2-9)11-6(3)7-8;1-2/h2*12-19,21H,11H2,1-10H3;11-18,20-21H,10H2,1-9H3;3-6,8-11H,2H2,1H3;3-6,9-10H,2,8H2,1H3;2H2,1H3/t2*16?,17-,18-,19-;15-,16?,17+,18-;3-,4+,5?,6-;3?,4-,5-,6-;/m11111./s1. The van der Waals surface area contributed by atoms with Crippen molar-refractivity contribution >= 4 is 88.4 Å². The smallest absolute Gasteiger partial charge is 0.335 e. The summed E-state index contributed by atoms with van der Waals surface area (Å²) in [6.45, 7) is 61.0. The van der Waals surface area contributed by atoms with Gasteiger partial charge in [0.25, 0.3) is 0 Å². The maximum Gasteiger partial charge on any atom is 0.335 e. The highest BCUT2D eigenvalue weighted by Gasteiger charge is 2.65. The molecule has 8 aliphatic heterocycles. The van der Waals surface area contributed by atoms with E-state index in [0.29, 0.717) is 75.2 Å². The Morgan fingerprint density at radius 3 is 0.821 bits per heavy atom. The van der Waals surface area contributed by atoms with Crippen LogP contribution in [0.5, 0.6) is 0 Å². The van der Waals surface area contributed by atoms with Gasteiger partial charge in [-0.3, -0.25) is 0 Å². The van der Waals surface area contributed by atoms with Crippen molar-refractivity contribution in [3.8, 4) is 0 Å². The monoisotopic (exact) mass is 1610 g/mol. The lowest BCUT2D eigenvalue weighted by atomic mass is 9.77. The number of hydrogen-bond donors (Lipinski definition) is 12. The van der Waals surface area contributed by atoms with Crippen LogP contribution < -0.4 is 32.3 Å². The van der Waals surface area contributed by atoms with Crippen LogP contribution in [0.3, 0.4) is 0 Å². The van der Waals surface area contributed by atoms with E-state index < -0.39 is 106 Å². The molecule has 0 amide bonds. The third kappa shape index (κ3) is 22.9. The Hall–Kier alpha value is 0.586. The molecular formula is C69H152B5N6O20Si6. The van der Waals surface area contributed by atoms with Crippen molar-refractivity contribution in [2.75, 3.05) is 68.3 Å². The van der Waals surface area contributed by atoms with Gasteiger partial charge in [-0.1, -0.05) is 187 Å². The van der Waals surface area contributed by atoms with Crippen LogP contribution in [-0.4, -0.2) is 291 Å². The van der Waals surface area contributed by atoms with Crippen LogP contribution in [-0.2, 0) is 62.6 Å². The summed E-state index contributed by atoms with van der Waals surface area (Å²) in [4.78, 5) is 0. The summed E-state index contributed by atoms with van der Waals surface area (Å²) in [5, 5.41) is 68.3. The molecular weight excluding hydrogens is 1460 g/mol. The number of ether oxygens (including phenoxy) is 5. The van der Waals surface area contributed by atoms with E-state index in [1.165, 1.54) is 21.9 Å². The Kier molecular flexibility index (Phi) is 42.6. The SMILES string of the molecule is CC1[C@H]([B]N)O[C@H](CO)[C@@H]1O.CN.CN[B][C@@H]1O[C@@H]2CO[Si](C(C)C)(C(C)C)O[Si](C(C)C)(C(C)C)O[C@@H]2C1C.CN[B][C@@H]1O[C@@H]2CO[Si](C(C)C)(C(C)C)O[Si](C(C)C)(C(C)C)O[C@@H]2C1C.CN[B][C@@H]1O[C@@H]2CO[Si](C(C)C)(C(C)C)O[Si](C(C)C)(C(C)C)O[C@@H]2C1O.CN[B][C@@H]1O[C@H](CO)[C@H](O)C1O. The second-order valence-corrected chi connectivity index (χ2v) is 60.3. The van der Waals surface area contributed by atoms with Gasteiger partial charge in [-0.05, 0) is 102 Å². The van der Waals surface area contributed by atoms with E-state index in [0.717, 1.165) is 0 Å². The van der Waals surface area contributed by atoms with Crippen molar-refractivity contribution in [2.24, 2.45) is 29.1 Å². The second-order valence-electron chi connectivity index (χ2n) is 33.8. The van der Waals surface area contributed by atoms with Gasteiger partial charge in [-0.2, -0.15) is 0 Å². The summed E-state index contributed by atoms with van der Waals surface area (Å²) in [6.07, 6.45) is -5.22. The average molecular weight is 1610 g/mol. The molecule has 14 N–H and O–H groups in total. The summed E-state index contributed by atoms with van der Waals surface area (Å²) in [7, 11) is 2.34. The third-order valence-electron chi connectivity index (χ3n) is 22.9. The molecule has 8 aliphatic rings. The third-order valence-corrected chi connectivity index (χ3v) is 53.6. The minimum Gasteiger partial charge on any atom is -0.414 e. The van der Waals surface area contributed by atoms with Gasteiger partial charge in [0, 0.05) is 35.8 Å². The van der Waals surface area contributed by atoms with Gasteiger partial charge in [0.05, 0.1) is 63.4 Å². The lowest BCUT2D eigenvalue weighted by Crippen LogP contribution is -2.65. The molecule has 20 atom stereocenters. The van der Waals surface area contributed by atoms with E-state index in [1.54, 1.807) is 14.5 Å². The number of aliphatic hydroxyl groups excluding tert-OH is 6. The number of fused-ring (bicyclic) bond motifs is 3. The number of nitrogens with two attached hydrogens (primary N) is 2. The number of rotatable bonds is 23. The molecule has 8 fully saturated rings. The maximum absolute atomic E-state index is 10.9. The lowest BCUT2D eigenvalue weighted by molar-refractivity contribution is -0.0321. The Morgan fingerprint density at radius 2 is 0.575 bits per heavy atom. The first-order valence-electron chi connectivity index (χ1n) is 39.9. The minimum atomic E-state index is -2.70. The molecule has 8 heterocycles. The van der Waals surface area contributed by atoms with Crippen molar-refractivity contribution in [1.29, 1.82) is 0 Å². The molecule has 617 valence electrons. The largest absolute Gasteiger partial charge is 0.414 e. The van der Waals surface area contributed by atoms with E-state index in [-0.39, 0.29) is 90.6 Å². The Balaban J connectivity index is 0.000000355. The second kappa shape index (κ2) is 44.8. The topological polar surface area (TPSA) is 351 Å². The molecule has 0 spiro atoms. The van der Waals surface area contributed by atoms with Crippen LogP contribution in [0.1, 0.15) is 187 Å². The highest BCUT2D eigenvalue weighted by Crippen LogP contribution is 2.52. The molecule has 0 saturated carbocycles. The zero-order valence-corrected chi connectivity index (χ0v) is 77.5. The van der Waals surface area contributed by atoms with Crippen molar-refractivity contribution in [3.63, 3.8) is 0 Å². The van der Waals surface area contributed by atoms with Crippen molar-refractivity contribution in [1.82, 2.24) is 20.9 Å². The molecule has 37 heteroatoms. The Morgan fingerprint density at radius 1 is 0.330 bits per heavy atom. The zero-order valence-electron chi connectivity index (χ0n) is 71.5. The van der Waals surface area contributed by atoms with Gasteiger partial charge >= 0.3 is 51.4 Å². The minimum absolute atomic E-state index is 0.0161.